The highest BCUT2D eigenvalue weighted by Gasteiger charge is 2.19. The fourth-order valence-electron chi connectivity index (χ4n) is 1.73. The Bertz CT molecular complexity index is 430. The monoisotopic (exact) mass is 253 g/mol. The van der Waals surface area contributed by atoms with Crippen molar-refractivity contribution >= 4 is 22.5 Å². The van der Waals surface area contributed by atoms with Gasteiger partial charge in [-0.1, -0.05) is 12.2 Å². The zero-order valence-electron chi connectivity index (χ0n) is 9.51. The molecule has 3 N–H and O–H groups in total. The minimum Gasteiger partial charge on any atom is -0.396 e. The molecule has 1 heterocycles. The number of aryl methyl sites for hydroxylation is 1. The quantitative estimate of drug-likeness (QED) is 0.715. The highest BCUT2D eigenvalue weighted by atomic mass is 32.1. The maximum Gasteiger partial charge on any atom is 0.321 e. The zero-order chi connectivity index (χ0) is 12.3. The summed E-state index contributed by atoms with van der Waals surface area (Å²) in [6.07, 6.45) is 4.59. The molecule has 1 aromatic heterocycles. The summed E-state index contributed by atoms with van der Waals surface area (Å²) in [6.45, 7) is 2.01. The molecule has 0 bridgehead atoms. The first-order valence-electron chi connectivity index (χ1n) is 5.46. The largest absolute Gasteiger partial charge is 0.396 e. The van der Waals surface area contributed by atoms with Gasteiger partial charge in [0.25, 0.3) is 0 Å². The van der Waals surface area contributed by atoms with Crippen LogP contribution in [0.4, 0.5) is 9.93 Å². The van der Waals surface area contributed by atoms with E-state index in [1.807, 2.05) is 24.5 Å². The fraction of sp³-hybridized carbons (Fsp3) is 0.455. The van der Waals surface area contributed by atoms with Crippen LogP contribution in [0.3, 0.4) is 0 Å². The smallest absolute Gasteiger partial charge is 0.321 e. The summed E-state index contributed by atoms with van der Waals surface area (Å²) in [4.78, 5) is 15.8. The highest BCUT2D eigenvalue weighted by molar-refractivity contribution is 7.13. The number of amides is 2. The first-order valence-corrected chi connectivity index (χ1v) is 6.34. The summed E-state index contributed by atoms with van der Waals surface area (Å²) in [7, 11) is 0. The summed E-state index contributed by atoms with van der Waals surface area (Å²) >= 11 is 1.40. The predicted molar refractivity (Wildman–Crippen MR) is 67.1 cm³/mol. The van der Waals surface area contributed by atoms with Crippen LogP contribution in [0.1, 0.15) is 12.1 Å². The molecule has 1 aromatic rings. The minimum atomic E-state index is -0.257. The molecule has 17 heavy (non-hydrogen) atoms. The fourth-order valence-corrected chi connectivity index (χ4v) is 2.41. The van der Waals surface area contributed by atoms with E-state index < -0.39 is 0 Å². The molecule has 6 heteroatoms. The summed E-state index contributed by atoms with van der Waals surface area (Å²) in [5.41, 5.74) is 0.895. The molecule has 0 fully saturated rings. The van der Waals surface area contributed by atoms with Crippen LogP contribution in [0.25, 0.3) is 0 Å². The number of carbonyl (C=O) groups excluding carboxylic acids is 1. The number of hydrogen-bond acceptors (Lipinski definition) is 4. The molecule has 0 saturated carbocycles. The van der Waals surface area contributed by atoms with Crippen molar-refractivity contribution in [3.63, 3.8) is 0 Å². The molecule has 0 radical (unpaired) electrons. The van der Waals surface area contributed by atoms with Gasteiger partial charge in [-0.15, -0.1) is 11.3 Å². The van der Waals surface area contributed by atoms with Gasteiger partial charge in [0.05, 0.1) is 5.69 Å². The summed E-state index contributed by atoms with van der Waals surface area (Å²) in [5, 5.41) is 17.0. The van der Waals surface area contributed by atoms with Gasteiger partial charge in [-0.2, -0.15) is 0 Å². The van der Waals surface area contributed by atoms with Gasteiger partial charge in [0.2, 0.25) is 0 Å². The molecular weight excluding hydrogens is 238 g/mol. The van der Waals surface area contributed by atoms with Crippen LogP contribution in [0.5, 0.6) is 0 Å². The second-order valence-electron chi connectivity index (χ2n) is 4.06. The molecule has 0 spiro atoms. The Morgan fingerprint density at radius 3 is 3.06 bits per heavy atom. The topological polar surface area (TPSA) is 74.2 Å². The average molecular weight is 253 g/mol. The molecule has 0 unspecified atom stereocenters. The Hall–Kier alpha value is -1.40. The van der Waals surface area contributed by atoms with Gasteiger partial charge in [-0.3, -0.25) is 5.32 Å². The van der Waals surface area contributed by atoms with E-state index in [1.165, 1.54) is 11.3 Å². The lowest BCUT2D eigenvalue weighted by Crippen LogP contribution is -2.36. The van der Waals surface area contributed by atoms with Crippen molar-refractivity contribution in [3.8, 4) is 0 Å². The number of aliphatic hydroxyl groups excluding tert-OH is 1. The Kier molecular flexibility index (Phi) is 3.75. The molecule has 0 aliphatic heterocycles. The van der Waals surface area contributed by atoms with Gasteiger partial charge in [-0.05, 0) is 13.3 Å². The number of nitrogens with one attached hydrogen (secondary N) is 2. The number of hydrogen-bond donors (Lipinski definition) is 3. The number of carbonyl (C=O) groups is 1. The third-order valence-corrected chi connectivity index (χ3v) is 3.44. The molecule has 92 valence electrons. The molecule has 0 aromatic carbocycles. The van der Waals surface area contributed by atoms with Crippen molar-refractivity contribution in [2.24, 2.45) is 5.92 Å². The van der Waals surface area contributed by atoms with E-state index >= 15 is 0 Å². The maximum atomic E-state index is 11.6. The first kappa shape index (κ1) is 12.1. The number of urea groups is 1. The zero-order valence-corrected chi connectivity index (χ0v) is 10.3. The van der Waals surface area contributed by atoms with Crippen LogP contribution in [0, 0.1) is 12.8 Å². The molecular formula is C11H15N3O2S. The van der Waals surface area contributed by atoms with Gasteiger partial charge in [0.1, 0.15) is 0 Å². The third-order valence-electron chi connectivity index (χ3n) is 2.56. The Balaban J connectivity index is 1.80. The average Bonchev–Trinajstić information content (AvgIpc) is 2.88. The first-order chi connectivity index (χ1) is 8.17. The molecule has 0 saturated heterocycles. The van der Waals surface area contributed by atoms with E-state index in [-0.39, 0.29) is 24.6 Å². The highest BCUT2D eigenvalue weighted by Crippen LogP contribution is 2.18. The van der Waals surface area contributed by atoms with E-state index in [1.54, 1.807) is 0 Å². The number of aliphatic hydroxyl groups is 1. The summed E-state index contributed by atoms with van der Waals surface area (Å²) in [5.74, 6) is 0.155. The van der Waals surface area contributed by atoms with Crippen molar-refractivity contribution in [2.75, 3.05) is 11.9 Å². The molecule has 1 aliphatic carbocycles. The SMILES string of the molecule is Cc1csc(NC(=O)N[C@@H]2C=C[C@H](CO)C2)n1. The lowest BCUT2D eigenvalue weighted by Gasteiger charge is -2.12. The maximum absolute atomic E-state index is 11.6. The lowest BCUT2D eigenvalue weighted by atomic mass is 10.1. The van der Waals surface area contributed by atoms with E-state index in [4.69, 9.17) is 5.11 Å². The second kappa shape index (κ2) is 5.29. The molecule has 2 atom stereocenters. The third kappa shape index (κ3) is 3.28. The second-order valence-corrected chi connectivity index (χ2v) is 4.92. The Morgan fingerprint density at radius 1 is 1.65 bits per heavy atom. The molecule has 1 aliphatic rings. The van der Waals surface area contributed by atoms with Crippen molar-refractivity contribution in [1.29, 1.82) is 0 Å². The summed E-state index contributed by atoms with van der Waals surface area (Å²) in [6, 6.07) is -0.263. The normalized spacial score (nSPS) is 22.7. The van der Waals surface area contributed by atoms with E-state index in [2.05, 4.69) is 15.6 Å². The van der Waals surface area contributed by atoms with Crippen LogP contribution in [0.15, 0.2) is 17.5 Å². The number of rotatable bonds is 3. The van der Waals surface area contributed by atoms with E-state index in [0.717, 1.165) is 12.1 Å². The predicted octanol–water partition coefficient (Wildman–Crippen LogP) is 1.51. The van der Waals surface area contributed by atoms with Gasteiger partial charge in [0.15, 0.2) is 5.13 Å². The van der Waals surface area contributed by atoms with Crippen LogP contribution in [-0.2, 0) is 0 Å². The van der Waals surface area contributed by atoms with Crippen molar-refractivity contribution in [1.82, 2.24) is 10.3 Å². The Labute approximate surface area is 104 Å². The lowest BCUT2D eigenvalue weighted by molar-refractivity contribution is 0.238. The van der Waals surface area contributed by atoms with Gasteiger partial charge in [0, 0.05) is 23.9 Å². The van der Waals surface area contributed by atoms with Crippen molar-refractivity contribution < 1.29 is 9.90 Å². The van der Waals surface area contributed by atoms with Crippen LogP contribution >= 0.6 is 11.3 Å². The van der Waals surface area contributed by atoms with E-state index in [0.29, 0.717) is 5.13 Å². The van der Waals surface area contributed by atoms with Crippen LogP contribution in [0.2, 0.25) is 0 Å². The van der Waals surface area contributed by atoms with Gasteiger partial charge in [-0.25, -0.2) is 9.78 Å². The molecule has 2 amide bonds. The van der Waals surface area contributed by atoms with Crippen LogP contribution in [-0.4, -0.2) is 28.8 Å². The van der Waals surface area contributed by atoms with Gasteiger partial charge < -0.3 is 10.4 Å². The van der Waals surface area contributed by atoms with Crippen molar-refractivity contribution in [3.05, 3.63) is 23.2 Å². The standard InChI is InChI=1S/C11H15N3O2S/c1-7-6-17-11(12-7)14-10(16)13-9-3-2-8(4-9)5-15/h2-3,6,8-9,15H,4-5H2,1H3,(H2,12,13,14,16)/t8-,9+/m0/s1. The molecule has 2 rings (SSSR count). The van der Waals surface area contributed by atoms with Gasteiger partial charge >= 0.3 is 6.03 Å². The van der Waals surface area contributed by atoms with E-state index in [9.17, 15) is 4.79 Å². The number of anilines is 1. The number of thiazole rings is 1. The summed E-state index contributed by atoms with van der Waals surface area (Å²) < 4.78 is 0. The Morgan fingerprint density at radius 2 is 2.47 bits per heavy atom. The van der Waals surface area contributed by atoms with Crippen LogP contribution < -0.4 is 10.6 Å². The molecule has 5 nitrogen and oxygen atoms in total. The number of nitrogens with zero attached hydrogens (tertiary/aromatic N) is 1. The number of aromatic nitrogens is 1. The minimum absolute atomic E-state index is 0.00629. The van der Waals surface area contributed by atoms with Crippen molar-refractivity contribution in [2.45, 2.75) is 19.4 Å².